The van der Waals surface area contributed by atoms with Crippen molar-refractivity contribution >= 4 is 17.2 Å². The number of thiocarbonyl (C=S) groups is 1. The van der Waals surface area contributed by atoms with Crippen LogP contribution in [0.3, 0.4) is 0 Å². The second-order valence-corrected chi connectivity index (χ2v) is 5.33. The van der Waals surface area contributed by atoms with Crippen molar-refractivity contribution in [2.24, 2.45) is 5.73 Å². The van der Waals surface area contributed by atoms with Crippen LogP contribution < -0.4 is 5.73 Å². The number of aryl methyl sites for hydroxylation is 2. The molecule has 1 aliphatic carbocycles. The van der Waals surface area contributed by atoms with Crippen molar-refractivity contribution in [1.29, 1.82) is 0 Å². The Hall–Kier alpha value is -0.890. The first-order valence-electron chi connectivity index (χ1n) is 6.07. The first kappa shape index (κ1) is 11.6. The highest BCUT2D eigenvalue weighted by atomic mass is 32.1. The second kappa shape index (κ2) is 4.96. The predicted molar refractivity (Wildman–Crippen MR) is 72.9 cm³/mol. The lowest BCUT2D eigenvalue weighted by atomic mass is 9.87. The van der Waals surface area contributed by atoms with Gasteiger partial charge in [0.1, 0.15) is 0 Å². The summed E-state index contributed by atoms with van der Waals surface area (Å²) in [5.41, 5.74) is 10.1. The minimum Gasteiger partial charge on any atom is -0.393 e. The first-order valence-corrected chi connectivity index (χ1v) is 6.47. The molecule has 1 aromatic rings. The van der Waals surface area contributed by atoms with E-state index in [-0.39, 0.29) is 0 Å². The zero-order valence-corrected chi connectivity index (χ0v) is 10.6. The molecule has 1 atom stereocenters. The first-order chi connectivity index (χ1) is 7.66. The van der Waals surface area contributed by atoms with Crippen LogP contribution in [-0.4, -0.2) is 4.99 Å². The molecule has 16 heavy (non-hydrogen) atoms. The minimum atomic E-state index is 0.449. The van der Waals surface area contributed by atoms with Crippen LogP contribution in [0.1, 0.15) is 48.8 Å². The zero-order chi connectivity index (χ0) is 11.5. The highest BCUT2D eigenvalue weighted by Crippen LogP contribution is 2.26. The maximum absolute atomic E-state index is 5.60. The Morgan fingerprint density at radius 2 is 2.00 bits per heavy atom. The maximum Gasteiger partial charge on any atom is 0.0733 e. The molecule has 0 amide bonds. The molecule has 1 unspecified atom stereocenters. The molecule has 0 saturated heterocycles. The average Bonchev–Trinajstić information content (AvgIpc) is 2.27. The number of fused-ring (bicyclic) bond motifs is 1. The second-order valence-electron chi connectivity index (χ2n) is 4.81. The summed E-state index contributed by atoms with van der Waals surface area (Å²) in [6, 6.07) is 6.89. The van der Waals surface area contributed by atoms with Gasteiger partial charge in [-0.25, -0.2) is 0 Å². The maximum atomic E-state index is 5.60. The van der Waals surface area contributed by atoms with Gasteiger partial charge < -0.3 is 5.73 Å². The summed E-state index contributed by atoms with van der Waals surface area (Å²) in [6.45, 7) is 2.20. The smallest absolute Gasteiger partial charge is 0.0733 e. The van der Waals surface area contributed by atoms with Crippen LogP contribution in [0, 0.1) is 0 Å². The molecule has 0 bridgehead atoms. The van der Waals surface area contributed by atoms with Crippen LogP contribution in [0.4, 0.5) is 0 Å². The van der Waals surface area contributed by atoms with Crippen LogP contribution >= 0.6 is 12.2 Å². The molecule has 0 saturated carbocycles. The SMILES string of the molecule is CC(CC(N)=S)c1ccc2c(c1)CCCC2. The number of benzene rings is 1. The summed E-state index contributed by atoms with van der Waals surface area (Å²) in [5.74, 6) is 0.449. The summed E-state index contributed by atoms with van der Waals surface area (Å²) in [7, 11) is 0. The van der Waals surface area contributed by atoms with E-state index >= 15 is 0 Å². The Balaban J connectivity index is 2.19. The van der Waals surface area contributed by atoms with Crippen molar-refractivity contribution in [3.8, 4) is 0 Å². The van der Waals surface area contributed by atoms with Crippen molar-refractivity contribution in [2.45, 2.75) is 44.9 Å². The fraction of sp³-hybridized carbons (Fsp3) is 0.500. The van der Waals surface area contributed by atoms with Crippen molar-refractivity contribution in [3.63, 3.8) is 0 Å². The number of rotatable bonds is 3. The lowest BCUT2D eigenvalue weighted by Gasteiger charge is -2.19. The van der Waals surface area contributed by atoms with Gasteiger partial charge in [0.15, 0.2) is 0 Å². The van der Waals surface area contributed by atoms with E-state index in [4.69, 9.17) is 18.0 Å². The predicted octanol–water partition coefficient (Wildman–Crippen LogP) is 3.35. The molecule has 0 heterocycles. The molecule has 0 aromatic heterocycles. The van der Waals surface area contributed by atoms with E-state index in [1.165, 1.54) is 36.8 Å². The summed E-state index contributed by atoms with van der Waals surface area (Å²) in [4.78, 5) is 0.616. The third-order valence-electron chi connectivity index (χ3n) is 3.45. The molecule has 86 valence electrons. The van der Waals surface area contributed by atoms with Gasteiger partial charge in [0.2, 0.25) is 0 Å². The Kier molecular flexibility index (Phi) is 3.59. The molecular weight excluding hydrogens is 214 g/mol. The molecule has 1 aliphatic rings. The highest BCUT2D eigenvalue weighted by Gasteiger charge is 2.12. The van der Waals surface area contributed by atoms with Crippen molar-refractivity contribution in [2.75, 3.05) is 0 Å². The summed E-state index contributed by atoms with van der Waals surface area (Å²) >= 11 is 4.97. The van der Waals surface area contributed by atoms with E-state index in [0.29, 0.717) is 10.9 Å². The quantitative estimate of drug-likeness (QED) is 0.810. The van der Waals surface area contributed by atoms with Gasteiger partial charge in [-0.3, -0.25) is 0 Å². The average molecular weight is 233 g/mol. The van der Waals surface area contributed by atoms with Crippen molar-refractivity contribution < 1.29 is 0 Å². The van der Waals surface area contributed by atoms with Gasteiger partial charge in [-0.1, -0.05) is 37.3 Å². The normalized spacial score (nSPS) is 16.6. The van der Waals surface area contributed by atoms with Gasteiger partial charge in [0.05, 0.1) is 4.99 Å². The number of nitrogens with two attached hydrogens (primary N) is 1. The van der Waals surface area contributed by atoms with Crippen molar-refractivity contribution in [1.82, 2.24) is 0 Å². The molecular formula is C14H19NS. The Morgan fingerprint density at radius 3 is 2.69 bits per heavy atom. The Morgan fingerprint density at radius 1 is 1.31 bits per heavy atom. The largest absolute Gasteiger partial charge is 0.393 e. The number of hydrogen-bond acceptors (Lipinski definition) is 1. The van der Waals surface area contributed by atoms with Crippen LogP contribution in [0.15, 0.2) is 18.2 Å². The molecule has 2 rings (SSSR count). The van der Waals surface area contributed by atoms with E-state index in [2.05, 4.69) is 25.1 Å². The third-order valence-corrected chi connectivity index (χ3v) is 3.62. The lowest BCUT2D eigenvalue weighted by Crippen LogP contribution is -2.12. The van der Waals surface area contributed by atoms with Crippen LogP contribution in [0.2, 0.25) is 0 Å². The summed E-state index contributed by atoms with van der Waals surface area (Å²) in [6.07, 6.45) is 5.98. The fourth-order valence-electron chi connectivity index (χ4n) is 2.48. The summed E-state index contributed by atoms with van der Waals surface area (Å²) < 4.78 is 0. The third kappa shape index (κ3) is 2.62. The minimum absolute atomic E-state index is 0.449. The van der Waals surface area contributed by atoms with E-state index in [1.807, 2.05) is 0 Å². The molecule has 1 nitrogen and oxygen atoms in total. The van der Waals surface area contributed by atoms with Gasteiger partial charge in [-0.2, -0.15) is 0 Å². The molecule has 0 aliphatic heterocycles. The zero-order valence-electron chi connectivity index (χ0n) is 9.83. The molecule has 2 heteroatoms. The van der Waals surface area contributed by atoms with E-state index < -0.39 is 0 Å². The van der Waals surface area contributed by atoms with E-state index in [9.17, 15) is 0 Å². The van der Waals surface area contributed by atoms with Gasteiger partial charge in [-0.15, -0.1) is 0 Å². The van der Waals surface area contributed by atoms with Crippen LogP contribution in [0.5, 0.6) is 0 Å². The molecule has 1 aromatic carbocycles. The molecule has 0 radical (unpaired) electrons. The van der Waals surface area contributed by atoms with Crippen molar-refractivity contribution in [3.05, 3.63) is 34.9 Å². The molecule has 0 spiro atoms. The fourth-order valence-corrected chi connectivity index (χ4v) is 2.73. The van der Waals surface area contributed by atoms with Gasteiger partial charge in [0, 0.05) is 6.42 Å². The summed E-state index contributed by atoms with van der Waals surface area (Å²) in [5, 5.41) is 0. The van der Waals surface area contributed by atoms with Crippen LogP contribution in [-0.2, 0) is 12.8 Å². The molecule has 0 fully saturated rings. The lowest BCUT2D eigenvalue weighted by molar-refractivity contribution is 0.681. The van der Waals surface area contributed by atoms with Gasteiger partial charge in [0.25, 0.3) is 0 Å². The van der Waals surface area contributed by atoms with Gasteiger partial charge >= 0.3 is 0 Å². The Bertz CT molecular complexity index is 398. The Labute approximate surface area is 103 Å². The van der Waals surface area contributed by atoms with Gasteiger partial charge in [-0.05, 0) is 48.3 Å². The standard InChI is InChI=1S/C14H19NS/c1-10(8-14(15)16)12-7-6-11-4-2-3-5-13(11)9-12/h6-7,9-10H,2-5,8H2,1H3,(H2,15,16). The van der Waals surface area contributed by atoms with Crippen LogP contribution in [0.25, 0.3) is 0 Å². The monoisotopic (exact) mass is 233 g/mol. The molecule has 2 N–H and O–H groups in total. The topological polar surface area (TPSA) is 26.0 Å². The highest BCUT2D eigenvalue weighted by molar-refractivity contribution is 7.80. The number of hydrogen-bond donors (Lipinski definition) is 1. The van der Waals surface area contributed by atoms with E-state index in [1.54, 1.807) is 5.56 Å². The van der Waals surface area contributed by atoms with E-state index in [0.717, 1.165) is 6.42 Å².